The molecule has 0 radical (unpaired) electrons. The number of furan rings is 2. The first-order chi connectivity index (χ1) is 13.2. The third-order valence-corrected chi connectivity index (χ3v) is 4.46. The number of hydrogen-bond donors (Lipinski definition) is 2. The van der Waals surface area contributed by atoms with Crippen LogP contribution >= 0.6 is 0 Å². The first-order valence-electron chi connectivity index (χ1n) is 9.18. The number of ether oxygens (including phenoxy) is 1. The Morgan fingerprint density at radius 3 is 2.78 bits per heavy atom. The minimum absolute atomic E-state index is 0.0267. The number of nitrogens with zero attached hydrogens (tertiary/aromatic N) is 1. The maximum Gasteiger partial charge on any atom is 0.315 e. The average Bonchev–Trinajstić information content (AvgIpc) is 3.38. The van der Waals surface area contributed by atoms with Crippen molar-refractivity contribution >= 4 is 11.9 Å². The summed E-state index contributed by atoms with van der Waals surface area (Å²) >= 11 is 0. The summed E-state index contributed by atoms with van der Waals surface area (Å²) < 4.78 is 15.6. The van der Waals surface area contributed by atoms with E-state index in [9.17, 15) is 9.59 Å². The van der Waals surface area contributed by atoms with Crippen molar-refractivity contribution in [2.24, 2.45) is 0 Å². The predicted molar refractivity (Wildman–Crippen MR) is 97.1 cm³/mol. The van der Waals surface area contributed by atoms with Gasteiger partial charge in [0.05, 0.1) is 18.1 Å². The largest absolute Gasteiger partial charge is 0.472 e. The van der Waals surface area contributed by atoms with E-state index in [1.807, 2.05) is 12.1 Å². The van der Waals surface area contributed by atoms with Crippen LogP contribution in [0.4, 0.5) is 4.79 Å². The van der Waals surface area contributed by atoms with E-state index in [1.54, 1.807) is 17.2 Å². The Balaban J connectivity index is 1.24. The van der Waals surface area contributed by atoms with Gasteiger partial charge in [-0.15, -0.1) is 0 Å². The summed E-state index contributed by atoms with van der Waals surface area (Å²) in [7, 11) is 0. The number of hydrogen-bond acceptors (Lipinski definition) is 5. The standard InChI is InChI=1S/C19H25N3O5/c23-18(15-6-12-26-13-15)22-8-4-16(5-9-22)21-19(24)20-7-2-10-25-14-17-3-1-11-27-17/h1,3,6,11-13,16H,2,4-5,7-10,14H2,(H2,20,21,24). The number of urea groups is 1. The molecule has 0 saturated carbocycles. The Morgan fingerprint density at radius 2 is 2.07 bits per heavy atom. The Hall–Kier alpha value is -2.74. The smallest absolute Gasteiger partial charge is 0.315 e. The van der Waals surface area contributed by atoms with Crippen LogP contribution in [0.25, 0.3) is 0 Å². The molecule has 3 rings (SSSR count). The van der Waals surface area contributed by atoms with Crippen LogP contribution in [0, 0.1) is 0 Å². The molecule has 27 heavy (non-hydrogen) atoms. The average molecular weight is 375 g/mol. The van der Waals surface area contributed by atoms with Crippen LogP contribution in [0.3, 0.4) is 0 Å². The summed E-state index contributed by atoms with van der Waals surface area (Å²) in [6.45, 7) is 2.78. The number of rotatable bonds is 8. The lowest BCUT2D eigenvalue weighted by Crippen LogP contribution is -2.49. The maximum absolute atomic E-state index is 12.2. The van der Waals surface area contributed by atoms with E-state index in [1.165, 1.54) is 12.5 Å². The summed E-state index contributed by atoms with van der Waals surface area (Å²) in [5.41, 5.74) is 0.563. The van der Waals surface area contributed by atoms with E-state index >= 15 is 0 Å². The molecule has 2 aromatic rings. The molecule has 3 heterocycles. The summed E-state index contributed by atoms with van der Waals surface area (Å²) in [5.74, 6) is 0.763. The van der Waals surface area contributed by atoms with Gasteiger partial charge in [0.2, 0.25) is 0 Å². The Bertz CT molecular complexity index is 691. The molecule has 0 aromatic carbocycles. The highest BCUT2D eigenvalue weighted by atomic mass is 16.5. The van der Waals surface area contributed by atoms with Crippen LogP contribution in [0.15, 0.2) is 45.8 Å². The lowest BCUT2D eigenvalue weighted by atomic mass is 10.0. The van der Waals surface area contributed by atoms with Crippen molar-refractivity contribution in [2.45, 2.75) is 31.9 Å². The summed E-state index contributed by atoms with van der Waals surface area (Å²) in [6.07, 6.45) is 6.77. The molecule has 8 nitrogen and oxygen atoms in total. The molecule has 3 amide bonds. The second-order valence-corrected chi connectivity index (χ2v) is 6.46. The monoisotopic (exact) mass is 375 g/mol. The topological polar surface area (TPSA) is 97.0 Å². The quantitative estimate of drug-likeness (QED) is 0.691. The van der Waals surface area contributed by atoms with Gasteiger partial charge in [-0.05, 0) is 37.5 Å². The van der Waals surface area contributed by atoms with Gasteiger partial charge in [-0.1, -0.05) is 0 Å². The van der Waals surface area contributed by atoms with Crippen molar-refractivity contribution in [3.05, 3.63) is 48.3 Å². The highest BCUT2D eigenvalue weighted by molar-refractivity contribution is 5.93. The Morgan fingerprint density at radius 1 is 1.22 bits per heavy atom. The van der Waals surface area contributed by atoms with Gasteiger partial charge in [-0.25, -0.2) is 4.79 Å². The van der Waals surface area contributed by atoms with Gasteiger partial charge < -0.3 is 29.1 Å². The van der Waals surface area contributed by atoms with Crippen LogP contribution in [0.1, 0.15) is 35.4 Å². The minimum atomic E-state index is -0.180. The Labute approximate surface area is 157 Å². The first-order valence-corrected chi connectivity index (χ1v) is 9.18. The lowest BCUT2D eigenvalue weighted by Gasteiger charge is -2.32. The molecular weight excluding hydrogens is 350 g/mol. The second-order valence-electron chi connectivity index (χ2n) is 6.46. The number of piperidine rings is 1. The van der Waals surface area contributed by atoms with Crippen LogP contribution in [0.2, 0.25) is 0 Å². The van der Waals surface area contributed by atoms with Crippen molar-refractivity contribution in [2.75, 3.05) is 26.2 Å². The summed E-state index contributed by atoms with van der Waals surface area (Å²) in [5, 5.41) is 5.80. The zero-order valence-corrected chi connectivity index (χ0v) is 15.2. The number of carbonyl (C=O) groups excluding carboxylic acids is 2. The molecule has 2 aromatic heterocycles. The van der Waals surface area contributed by atoms with E-state index in [2.05, 4.69) is 10.6 Å². The zero-order valence-electron chi connectivity index (χ0n) is 15.2. The third kappa shape index (κ3) is 5.89. The van der Waals surface area contributed by atoms with Crippen LogP contribution in [0.5, 0.6) is 0 Å². The van der Waals surface area contributed by atoms with E-state index in [-0.39, 0.29) is 18.0 Å². The van der Waals surface area contributed by atoms with Gasteiger partial charge in [-0.3, -0.25) is 4.79 Å². The number of amides is 3. The molecule has 1 aliphatic rings. The first kappa shape index (κ1) is 19.0. The van der Waals surface area contributed by atoms with Gasteiger partial charge in [0.25, 0.3) is 5.91 Å². The highest BCUT2D eigenvalue weighted by Gasteiger charge is 2.24. The van der Waals surface area contributed by atoms with Crippen LogP contribution < -0.4 is 10.6 Å². The molecule has 1 saturated heterocycles. The molecule has 1 fully saturated rings. The van der Waals surface area contributed by atoms with Crippen LogP contribution in [-0.4, -0.2) is 49.1 Å². The van der Waals surface area contributed by atoms with Gasteiger partial charge in [0, 0.05) is 32.3 Å². The molecular formula is C19H25N3O5. The Kier molecular flexibility index (Phi) is 6.92. The van der Waals surface area contributed by atoms with E-state index < -0.39 is 0 Å². The van der Waals surface area contributed by atoms with Crippen molar-refractivity contribution in [1.29, 1.82) is 0 Å². The molecule has 0 aliphatic carbocycles. The van der Waals surface area contributed by atoms with E-state index in [4.69, 9.17) is 13.6 Å². The van der Waals surface area contributed by atoms with Crippen molar-refractivity contribution in [1.82, 2.24) is 15.5 Å². The van der Waals surface area contributed by atoms with E-state index in [0.29, 0.717) is 38.4 Å². The van der Waals surface area contributed by atoms with Crippen molar-refractivity contribution in [3.8, 4) is 0 Å². The zero-order chi connectivity index (χ0) is 18.9. The fourth-order valence-electron chi connectivity index (χ4n) is 2.98. The number of likely N-dealkylation sites (tertiary alicyclic amines) is 1. The fourth-order valence-corrected chi connectivity index (χ4v) is 2.98. The minimum Gasteiger partial charge on any atom is -0.472 e. The van der Waals surface area contributed by atoms with Crippen LogP contribution in [-0.2, 0) is 11.3 Å². The van der Waals surface area contributed by atoms with Gasteiger partial charge in [0.1, 0.15) is 18.6 Å². The number of nitrogens with one attached hydrogen (secondary N) is 2. The molecule has 8 heteroatoms. The van der Waals surface area contributed by atoms with Gasteiger partial charge in [0.15, 0.2) is 0 Å². The van der Waals surface area contributed by atoms with Gasteiger partial charge in [-0.2, -0.15) is 0 Å². The summed E-state index contributed by atoms with van der Waals surface area (Å²) in [6, 6.07) is 5.25. The molecule has 1 aliphatic heterocycles. The van der Waals surface area contributed by atoms with E-state index in [0.717, 1.165) is 25.0 Å². The SMILES string of the molecule is O=C(NCCCOCc1ccco1)NC1CCN(C(=O)c2ccoc2)CC1. The van der Waals surface area contributed by atoms with Crippen molar-refractivity contribution < 1.29 is 23.2 Å². The van der Waals surface area contributed by atoms with Gasteiger partial charge >= 0.3 is 6.03 Å². The lowest BCUT2D eigenvalue weighted by molar-refractivity contribution is 0.0707. The molecule has 0 atom stereocenters. The molecule has 0 bridgehead atoms. The highest BCUT2D eigenvalue weighted by Crippen LogP contribution is 2.14. The predicted octanol–water partition coefficient (Wildman–Crippen LogP) is 2.38. The fraction of sp³-hybridized carbons (Fsp3) is 0.474. The second kappa shape index (κ2) is 9.82. The molecule has 0 spiro atoms. The van der Waals surface area contributed by atoms with Crippen molar-refractivity contribution in [3.63, 3.8) is 0 Å². The third-order valence-electron chi connectivity index (χ3n) is 4.46. The molecule has 2 N–H and O–H groups in total. The maximum atomic E-state index is 12.2. The summed E-state index contributed by atoms with van der Waals surface area (Å²) in [4.78, 5) is 26.0. The normalized spacial score (nSPS) is 14.9. The molecule has 0 unspecified atom stereocenters. The number of carbonyl (C=O) groups is 2. The molecule has 146 valence electrons.